The SMILES string of the molecule is CC1CC1C(=O)Nc1cccc(C(=O)NC2CCCCC2O)c1. The van der Waals surface area contributed by atoms with Crippen LogP contribution < -0.4 is 10.6 Å². The van der Waals surface area contributed by atoms with Gasteiger partial charge in [0.25, 0.3) is 5.91 Å². The van der Waals surface area contributed by atoms with Crippen molar-refractivity contribution in [1.29, 1.82) is 0 Å². The van der Waals surface area contributed by atoms with Gasteiger partial charge in [0.1, 0.15) is 0 Å². The number of carbonyl (C=O) groups excluding carboxylic acids is 2. The Morgan fingerprint density at radius 2 is 1.96 bits per heavy atom. The first-order chi connectivity index (χ1) is 11.0. The Hall–Kier alpha value is -1.88. The van der Waals surface area contributed by atoms with Crippen LogP contribution in [0.5, 0.6) is 0 Å². The number of benzene rings is 1. The Labute approximate surface area is 136 Å². The molecule has 2 fully saturated rings. The third-order valence-corrected chi connectivity index (χ3v) is 4.88. The molecular weight excluding hydrogens is 292 g/mol. The van der Waals surface area contributed by atoms with Gasteiger partial charge in [0.05, 0.1) is 12.1 Å². The predicted octanol–water partition coefficient (Wildman–Crippen LogP) is 2.31. The molecule has 0 spiro atoms. The summed E-state index contributed by atoms with van der Waals surface area (Å²) in [7, 11) is 0. The maximum atomic E-state index is 12.4. The average Bonchev–Trinajstić information content (AvgIpc) is 3.27. The fourth-order valence-corrected chi connectivity index (χ4v) is 3.19. The van der Waals surface area contributed by atoms with Crippen LogP contribution in [-0.2, 0) is 4.79 Å². The average molecular weight is 316 g/mol. The zero-order valence-electron chi connectivity index (χ0n) is 13.4. The van der Waals surface area contributed by atoms with Gasteiger partial charge in [-0.25, -0.2) is 0 Å². The fourth-order valence-electron chi connectivity index (χ4n) is 3.19. The van der Waals surface area contributed by atoms with E-state index in [9.17, 15) is 14.7 Å². The number of hydrogen-bond donors (Lipinski definition) is 3. The summed E-state index contributed by atoms with van der Waals surface area (Å²) in [5.74, 6) is 0.378. The molecule has 5 nitrogen and oxygen atoms in total. The van der Waals surface area contributed by atoms with Crippen LogP contribution in [0.25, 0.3) is 0 Å². The summed E-state index contributed by atoms with van der Waals surface area (Å²) < 4.78 is 0. The van der Waals surface area contributed by atoms with Crippen molar-refractivity contribution in [3.8, 4) is 0 Å². The number of aliphatic hydroxyl groups is 1. The molecule has 23 heavy (non-hydrogen) atoms. The van der Waals surface area contributed by atoms with Crippen molar-refractivity contribution in [3.63, 3.8) is 0 Å². The lowest BCUT2D eigenvalue weighted by Crippen LogP contribution is -2.45. The lowest BCUT2D eigenvalue weighted by molar-refractivity contribution is -0.117. The minimum atomic E-state index is -0.466. The van der Waals surface area contributed by atoms with Gasteiger partial charge in [-0.05, 0) is 43.4 Å². The van der Waals surface area contributed by atoms with E-state index >= 15 is 0 Å². The molecule has 2 saturated carbocycles. The quantitative estimate of drug-likeness (QED) is 0.797. The number of nitrogens with one attached hydrogen (secondary N) is 2. The molecule has 3 rings (SSSR count). The highest BCUT2D eigenvalue weighted by Gasteiger charge is 2.39. The highest BCUT2D eigenvalue weighted by molar-refractivity contribution is 5.98. The molecule has 0 aliphatic heterocycles. The Bertz CT molecular complexity index is 602. The lowest BCUT2D eigenvalue weighted by atomic mass is 9.92. The van der Waals surface area contributed by atoms with E-state index in [4.69, 9.17) is 0 Å². The molecule has 4 atom stereocenters. The number of hydrogen-bond acceptors (Lipinski definition) is 3. The second-order valence-electron chi connectivity index (χ2n) is 6.82. The van der Waals surface area contributed by atoms with Crippen LogP contribution in [0.15, 0.2) is 24.3 Å². The summed E-state index contributed by atoms with van der Waals surface area (Å²) >= 11 is 0. The van der Waals surface area contributed by atoms with Crippen LogP contribution in [0.4, 0.5) is 5.69 Å². The molecule has 1 aromatic carbocycles. The van der Waals surface area contributed by atoms with E-state index in [-0.39, 0.29) is 23.8 Å². The van der Waals surface area contributed by atoms with Crippen LogP contribution in [0.2, 0.25) is 0 Å². The third kappa shape index (κ3) is 3.91. The van der Waals surface area contributed by atoms with E-state index in [1.165, 1.54) is 0 Å². The first kappa shape index (κ1) is 16.0. The van der Waals surface area contributed by atoms with Gasteiger partial charge in [0.15, 0.2) is 0 Å². The molecule has 4 unspecified atom stereocenters. The van der Waals surface area contributed by atoms with E-state index in [2.05, 4.69) is 17.6 Å². The molecular formula is C18H24N2O3. The number of rotatable bonds is 4. The van der Waals surface area contributed by atoms with E-state index in [0.29, 0.717) is 17.2 Å². The van der Waals surface area contributed by atoms with E-state index in [1.54, 1.807) is 24.3 Å². The normalized spacial score (nSPS) is 29.7. The van der Waals surface area contributed by atoms with Gasteiger partial charge < -0.3 is 15.7 Å². The predicted molar refractivity (Wildman–Crippen MR) is 88.1 cm³/mol. The van der Waals surface area contributed by atoms with Gasteiger partial charge in [-0.2, -0.15) is 0 Å². The maximum Gasteiger partial charge on any atom is 0.251 e. The van der Waals surface area contributed by atoms with Crippen LogP contribution >= 0.6 is 0 Å². The molecule has 0 heterocycles. The van der Waals surface area contributed by atoms with Crippen LogP contribution in [0.1, 0.15) is 49.4 Å². The molecule has 2 amide bonds. The van der Waals surface area contributed by atoms with Gasteiger partial charge in [0, 0.05) is 17.2 Å². The molecule has 5 heteroatoms. The number of aliphatic hydroxyl groups excluding tert-OH is 1. The summed E-state index contributed by atoms with van der Waals surface area (Å²) in [4.78, 5) is 24.3. The highest BCUT2D eigenvalue weighted by atomic mass is 16.3. The molecule has 3 N–H and O–H groups in total. The van der Waals surface area contributed by atoms with Crippen molar-refractivity contribution in [2.45, 2.75) is 51.2 Å². The topological polar surface area (TPSA) is 78.4 Å². The number of amides is 2. The van der Waals surface area contributed by atoms with Gasteiger partial charge in [-0.15, -0.1) is 0 Å². The molecule has 1 aromatic rings. The smallest absolute Gasteiger partial charge is 0.251 e. The molecule has 0 aromatic heterocycles. The number of carbonyl (C=O) groups is 2. The van der Waals surface area contributed by atoms with Gasteiger partial charge >= 0.3 is 0 Å². The van der Waals surface area contributed by atoms with E-state index in [1.807, 2.05) is 0 Å². The molecule has 124 valence electrons. The third-order valence-electron chi connectivity index (χ3n) is 4.88. The van der Waals surface area contributed by atoms with Gasteiger partial charge in [-0.1, -0.05) is 25.8 Å². The van der Waals surface area contributed by atoms with Crippen LogP contribution in [0, 0.1) is 11.8 Å². The van der Waals surface area contributed by atoms with E-state index in [0.717, 1.165) is 32.1 Å². The van der Waals surface area contributed by atoms with Crippen molar-refractivity contribution in [2.75, 3.05) is 5.32 Å². The second kappa shape index (κ2) is 6.71. The summed E-state index contributed by atoms with van der Waals surface area (Å²) in [6.45, 7) is 2.06. The van der Waals surface area contributed by atoms with E-state index < -0.39 is 6.10 Å². The van der Waals surface area contributed by atoms with Crippen molar-refractivity contribution >= 4 is 17.5 Å². The van der Waals surface area contributed by atoms with Crippen LogP contribution in [0.3, 0.4) is 0 Å². The fraction of sp³-hybridized carbons (Fsp3) is 0.556. The Morgan fingerprint density at radius 1 is 1.22 bits per heavy atom. The first-order valence-electron chi connectivity index (χ1n) is 8.44. The second-order valence-corrected chi connectivity index (χ2v) is 6.82. The molecule has 0 radical (unpaired) electrons. The Balaban J connectivity index is 1.62. The van der Waals surface area contributed by atoms with Crippen molar-refractivity contribution in [2.24, 2.45) is 11.8 Å². The van der Waals surface area contributed by atoms with Gasteiger partial charge in [0.2, 0.25) is 5.91 Å². The summed E-state index contributed by atoms with van der Waals surface area (Å²) in [6, 6.07) is 6.78. The molecule has 0 bridgehead atoms. The summed E-state index contributed by atoms with van der Waals surface area (Å²) in [6.07, 6.45) is 4.05. The monoisotopic (exact) mass is 316 g/mol. The maximum absolute atomic E-state index is 12.4. The molecule has 2 aliphatic rings. The van der Waals surface area contributed by atoms with Crippen molar-refractivity contribution in [1.82, 2.24) is 5.32 Å². The minimum absolute atomic E-state index is 0.0257. The van der Waals surface area contributed by atoms with Gasteiger partial charge in [-0.3, -0.25) is 9.59 Å². The number of anilines is 1. The highest BCUT2D eigenvalue weighted by Crippen LogP contribution is 2.38. The van der Waals surface area contributed by atoms with Crippen molar-refractivity contribution in [3.05, 3.63) is 29.8 Å². The Morgan fingerprint density at radius 3 is 2.65 bits per heavy atom. The Kier molecular flexibility index (Phi) is 4.66. The lowest BCUT2D eigenvalue weighted by Gasteiger charge is -2.28. The molecule has 0 saturated heterocycles. The zero-order valence-corrected chi connectivity index (χ0v) is 13.4. The standard InChI is InChI=1S/C18H24N2O3/c1-11-9-14(11)18(23)19-13-6-4-5-12(10-13)17(22)20-15-7-2-3-8-16(15)21/h4-6,10-11,14-16,21H,2-3,7-9H2,1H3,(H,19,23)(H,20,22). The summed E-state index contributed by atoms with van der Waals surface area (Å²) in [5, 5.41) is 15.7. The zero-order chi connectivity index (χ0) is 16.4. The van der Waals surface area contributed by atoms with Crippen molar-refractivity contribution < 1.29 is 14.7 Å². The first-order valence-corrected chi connectivity index (χ1v) is 8.44. The summed E-state index contributed by atoms with van der Waals surface area (Å²) in [5.41, 5.74) is 1.15. The minimum Gasteiger partial charge on any atom is -0.391 e. The largest absolute Gasteiger partial charge is 0.391 e. The molecule has 2 aliphatic carbocycles. The van der Waals surface area contributed by atoms with Crippen LogP contribution in [-0.4, -0.2) is 29.1 Å².